The minimum absolute atomic E-state index is 0.285. The topological polar surface area (TPSA) is 80.2 Å². The zero-order valence-electron chi connectivity index (χ0n) is 17.9. The van der Waals surface area contributed by atoms with E-state index < -0.39 is 12.2 Å². The molecule has 1 saturated carbocycles. The largest absolute Gasteiger partial charge is 0.441 e. The number of anilines is 1. The zero-order valence-corrected chi connectivity index (χ0v) is 17.9. The summed E-state index contributed by atoms with van der Waals surface area (Å²) in [7, 11) is 0. The Balaban J connectivity index is 1.34. The van der Waals surface area contributed by atoms with E-state index in [4.69, 9.17) is 9.26 Å². The number of H-pyrrole nitrogens is 1. The van der Waals surface area contributed by atoms with Gasteiger partial charge in [0.15, 0.2) is 0 Å². The van der Waals surface area contributed by atoms with Gasteiger partial charge in [-0.05, 0) is 61.6 Å². The van der Waals surface area contributed by atoms with Crippen LogP contribution in [0.25, 0.3) is 10.9 Å². The van der Waals surface area contributed by atoms with Gasteiger partial charge in [-0.15, -0.1) is 0 Å². The fraction of sp³-hybridized carbons (Fsp3) is 0.231. The number of ether oxygens (including phenoxy) is 1. The average Bonchev–Trinajstić information content (AvgIpc) is 3.47. The van der Waals surface area contributed by atoms with Gasteiger partial charge < -0.3 is 14.2 Å². The van der Waals surface area contributed by atoms with E-state index in [2.05, 4.69) is 45.5 Å². The van der Waals surface area contributed by atoms with Gasteiger partial charge >= 0.3 is 6.09 Å². The highest BCUT2D eigenvalue weighted by molar-refractivity contribution is 5.87. The predicted octanol–water partition coefficient (Wildman–Crippen LogP) is 6.05. The Labute approximate surface area is 186 Å². The monoisotopic (exact) mass is 425 g/mol. The van der Waals surface area contributed by atoms with Crippen molar-refractivity contribution >= 4 is 22.7 Å². The van der Waals surface area contributed by atoms with Crippen molar-refractivity contribution in [2.45, 2.75) is 38.7 Å². The molecule has 160 valence electrons. The third-order valence-corrected chi connectivity index (χ3v) is 5.66. The number of aromatic nitrogens is 2. The molecule has 1 aliphatic rings. The normalized spacial score (nSPS) is 13.9. The van der Waals surface area contributed by atoms with E-state index in [0.29, 0.717) is 17.3 Å². The Morgan fingerprint density at radius 2 is 2.00 bits per heavy atom. The summed E-state index contributed by atoms with van der Waals surface area (Å²) in [5.41, 5.74) is 5.14. The van der Waals surface area contributed by atoms with Gasteiger partial charge in [-0.2, -0.15) is 0 Å². The van der Waals surface area contributed by atoms with Gasteiger partial charge in [-0.25, -0.2) is 4.79 Å². The van der Waals surface area contributed by atoms with Crippen LogP contribution in [-0.2, 0) is 4.74 Å². The van der Waals surface area contributed by atoms with Crippen LogP contribution in [0.4, 0.5) is 10.5 Å². The lowest BCUT2D eigenvalue weighted by molar-refractivity contribution is 0.121. The number of nitrogens with one attached hydrogen (secondary N) is 2. The summed E-state index contributed by atoms with van der Waals surface area (Å²) in [6, 6.07) is 17.9. The molecule has 1 amide bonds. The Bertz CT molecular complexity index is 1340. The van der Waals surface area contributed by atoms with E-state index in [0.717, 1.165) is 22.2 Å². The van der Waals surface area contributed by atoms with E-state index in [1.54, 1.807) is 6.92 Å². The number of carbonyl (C=O) groups excluding carboxylic acids is 1. The highest BCUT2D eigenvalue weighted by atomic mass is 16.6. The van der Waals surface area contributed by atoms with Crippen LogP contribution in [0, 0.1) is 18.8 Å². The SMILES string of the molecule is Cc1noc(C#Cc2cc3cccc(C4CC4)c3[nH]2)c1NC(=O)OC(C)c1ccccc1. The Morgan fingerprint density at radius 1 is 1.19 bits per heavy atom. The van der Waals surface area contributed by atoms with Crippen molar-refractivity contribution in [2.24, 2.45) is 0 Å². The molecule has 2 N–H and O–H groups in total. The first kappa shape index (κ1) is 20.0. The van der Waals surface area contributed by atoms with Crippen LogP contribution in [0.3, 0.4) is 0 Å². The lowest BCUT2D eigenvalue weighted by atomic mass is 10.1. The zero-order chi connectivity index (χ0) is 22.1. The lowest BCUT2D eigenvalue weighted by Gasteiger charge is -2.13. The van der Waals surface area contributed by atoms with Gasteiger partial charge in [0.05, 0.1) is 5.69 Å². The number of nitrogens with zero attached hydrogens (tertiary/aromatic N) is 1. The highest BCUT2D eigenvalue weighted by Gasteiger charge is 2.25. The average molecular weight is 425 g/mol. The molecule has 1 unspecified atom stereocenters. The molecule has 0 aliphatic heterocycles. The van der Waals surface area contributed by atoms with Gasteiger partial charge in [0.25, 0.3) is 0 Å². The molecule has 2 aromatic heterocycles. The maximum Gasteiger partial charge on any atom is 0.412 e. The van der Waals surface area contributed by atoms with Crippen molar-refractivity contribution in [2.75, 3.05) is 5.32 Å². The minimum atomic E-state index is -0.588. The highest BCUT2D eigenvalue weighted by Crippen LogP contribution is 2.42. The summed E-state index contributed by atoms with van der Waals surface area (Å²) in [5, 5.41) is 7.82. The van der Waals surface area contributed by atoms with Crippen LogP contribution >= 0.6 is 0 Å². The van der Waals surface area contributed by atoms with Crippen LogP contribution in [0.2, 0.25) is 0 Å². The first-order valence-electron chi connectivity index (χ1n) is 10.7. The van der Waals surface area contributed by atoms with Crippen molar-refractivity contribution in [3.63, 3.8) is 0 Å². The Kier molecular flexibility index (Phi) is 5.16. The molecule has 1 aliphatic carbocycles. The standard InChI is InChI=1S/C26H23N3O3/c1-16-24(28-26(30)31-17(2)18-7-4-3-5-8-18)23(32-29-16)14-13-21-15-20-9-6-10-22(19-11-12-19)25(20)27-21/h3-10,15,17,19,27H,11-12H2,1-2H3,(H,28,30). The number of rotatable bonds is 4. The second-order valence-corrected chi connectivity index (χ2v) is 8.07. The molecular formula is C26H23N3O3. The van der Waals surface area contributed by atoms with E-state index >= 15 is 0 Å². The van der Waals surface area contributed by atoms with E-state index in [9.17, 15) is 4.79 Å². The number of fused-ring (bicyclic) bond motifs is 1. The molecule has 1 fully saturated rings. The summed E-state index contributed by atoms with van der Waals surface area (Å²) in [5.74, 6) is 7.02. The molecular weight excluding hydrogens is 402 g/mol. The quantitative estimate of drug-likeness (QED) is 0.390. The lowest BCUT2D eigenvalue weighted by Crippen LogP contribution is -2.16. The second-order valence-electron chi connectivity index (χ2n) is 8.07. The number of aromatic amines is 1. The fourth-order valence-corrected chi connectivity index (χ4v) is 3.79. The third kappa shape index (κ3) is 4.10. The summed E-state index contributed by atoms with van der Waals surface area (Å²) in [6.07, 6.45) is 1.50. The number of para-hydroxylation sites is 1. The molecule has 0 bridgehead atoms. The maximum absolute atomic E-state index is 12.4. The van der Waals surface area contributed by atoms with Crippen LogP contribution in [-0.4, -0.2) is 16.2 Å². The first-order chi connectivity index (χ1) is 15.6. The fourth-order valence-electron chi connectivity index (χ4n) is 3.79. The molecule has 0 spiro atoms. The van der Waals surface area contributed by atoms with Crippen molar-refractivity contribution in [3.05, 3.63) is 82.9 Å². The molecule has 32 heavy (non-hydrogen) atoms. The van der Waals surface area contributed by atoms with Crippen molar-refractivity contribution < 1.29 is 14.1 Å². The maximum atomic E-state index is 12.4. The van der Waals surface area contributed by atoms with Gasteiger partial charge in [-0.1, -0.05) is 53.7 Å². The molecule has 6 nitrogen and oxygen atoms in total. The van der Waals surface area contributed by atoms with Crippen molar-refractivity contribution in [1.82, 2.24) is 10.1 Å². The summed E-state index contributed by atoms with van der Waals surface area (Å²) in [6.45, 7) is 3.57. The van der Waals surface area contributed by atoms with Crippen molar-refractivity contribution in [1.29, 1.82) is 0 Å². The Hall–Kier alpha value is -3.98. The number of carbonyl (C=O) groups is 1. The summed E-state index contributed by atoms with van der Waals surface area (Å²) < 4.78 is 10.8. The minimum Gasteiger partial charge on any atom is -0.441 e. The van der Waals surface area contributed by atoms with Gasteiger partial charge in [-0.3, -0.25) is 5.32 Å². The first-order valence-corrected chi connectivity index (χ1v) is 10.7. The molecule has 2 aromatic carbocycles. The van der Waals surface area contributed by atoms with Crippen molar-refractivity contribution in [3.8, 4) is 11.8 Å². The smallest absolute Gasteiger partial charge is 0.412 e. The summed E-state index contributed by atoms with van der Waals surface area (Å²) in [4.78, 5) is 15.9. The van der Waals surface area contributed by atoms with Crippen LogP contribution in [0.5, 0.6) is 0 Å². The molecule has 2 heterocycles. The third-order valence-electron chi connectivity index (χ3n) is 5.66. The van der Waals surface area contributed by atoms with Crippen LogP contribution < -0.4 is 5.32 Å². The van der Waals surface area contributed by atoms with E-state index in [1.807, 2.05) is 43.3 Å². The number of hydrogen-bond acceptors (Lipinski definition) is 4. The molecule has 5 rings (SSSR count). The predicted molar refractivity (Wildman–Crippen MR) is 122 cm³/mol. The van der Waals surface area contributed by atoms with Gasteiger partial charge in [0.1, 0.15) is 17.5 Å². The second kappa shape index (κ2) is 8.27. The molecule has 0 radical (unpaired) electrons. The van der Waals surface area contributed by atoms with Crippen LogP contribution in [0.1, 0.15) is 60.1 Å². The number of benzene rings is 2. The number of hydrogen-bond donors (Lipinski definition) is 2. The molecule has 6 heteroatoms. The summed E-state index contributed by atoms with van der Waals surface area (Å²) >= 11 is 0. The van der Waals surface area contributed by atoms with Gasteiger partial charge in [0, 0.05) is 10.9 Å². The number of amides is 1. The number of aryl methyl sites for hydroxylation is 1. The van der Waals surface area contributed by atoms with E-state index in [1.165, 1.54) is 18.4 Å². The van der Waals surface area contributed by atoms with E-state index in [-0.39, 0.29) is 5.76 Å². The van der Waals surface area contributed by atoms with Crippen LogP contribution in [0.15, 0.2) is 59.1 Å². The molecule has 0 saturated heterocycles. The Morgan fingerprint density at radius 3 is 2.78 bits per heavy atom. The van der Waals surface area contributed by atoms with Gasteiger partial charge in [0.2, 0.25) is 5.76 Å². The molecule has 4 aromatic rings. The molecule has 1 atom stereocenters.